The van der Waals surface area contributed by atoms with Gasteiger partial charge in [-0.25, -0.2) is 8.78 Å². The summed E-state index contributed by atoms with van der Waals surface area (Å²) in [7, 11) is 0. The molecule has 1 saturated heterocycles. The Labute approximate surface area is 150 Å². The van der Waals surface area contributed by atoms with E-state index in [-0.39, 0.29) is 23.4 Å². The molecule has 2 aromatic rings. The summed E-state index contributed by atoms with van der Waals surface area (Å²) in [5, 5.41) is 12.5. The number of carbonyl (C=O) groups excluding carboxylic acids is 1. The highest BCUT2D eigenvalue weighted by molar-refractivity contribution is 5.93. The average molecular weight is 362 g/mol. The van der Waals surface area contributed by atoms with E-state index in [2.05, 4.69) is 10.2 Å². The molecule has 2 aromatic carbocycles. The lowest BCUT2D eigenvalue weighted by atomic mass is 10.2. The number of phenols is 1. The van der Waals surface area contributed by atoms with E-state index < -0.39 is 11.6 Å². The molecular weight excluding hydrogens is 340 g/mol. The molecule has 26 heavy (non-hydrogen) atoms. The SMILES string of the molecule is C[C@@H](C(=O)Nc1ccc(F)cc1F)[NH+]1CCN(c2ccccc2O)CC1. The summed E-state index contributed by atoms with van der Waals surface area (Å²) >= 11 is 0. The maximum atomic E-state index is 13.7. The highest BCUT2D eigenvalue weighted by Gasteiger charge is 2.30. The summed E-state index contributed by atoms with van der Waals surface area (Å²) in [6.45, 7) is 4.64. The Morgan fingerprint density at radius 3 is 2.54 bits per heavy atom. The standard InChI is InChI=1S/C19H21F2N3O2/c1-13(19(26)22-16-7-6-14(20)12-15(16)21)23-8-10-24(11-9-23)17-4-2-3-5-18(17)25/h2-7,12-13,25H,8-11H2,1H3,(H,22,26)/p+1/t13-/m0/s1. The van der Waals surface area contributed by atoms with Crippen LogP contribution in [0.25, 0.3) is 0 Å². The molecule has 0 bridgehead atoms. The van der Waals surface area contributed by atoms with Gasteiger partial charge in [0.25, 0.3) is 5.91 Å². The van der Waals surface area contributed by atoms with E-state index in [1.807, 2.05) is 12.1 Å². The van der Waals surface area contributed by atoms with Crippen molar-refractivity contribution in [2.75, 3.05) is 36.4 Å². The zero-order chi connectivity index (χ0) is 18.7. The summed E-state index contributed by atoms with van der Waals surface area (Å²) in [6, 6.07) is 9.89. The molecular formula is C19H22F2N3O2+. The van der Waals surface area contributed by atoms with Gasteiger partial charge in [-0.1, -0.05) is 12.1 Å². The first-order chi connectivity index (χ1) is 12.5. The number of hydrogen-bond donors (Lipinski definition) is 3. The van der Waals surface area contributed by atoms with Crippen LogP contribution in [-0.2, 0) is 4.79 Å². The molecule has 1 aliphatic heterocycles. The number of nitrogens with zero attached hydrogens (tertiary/aromatic N) is 1. The van der Waals surface area contributed by atoms with E-state index in [9.17, 15) is 18.7 Å². The molecule has 138 valence electrons. The van der Waals surface area contributed by atoms with E-state index in [0.29, 0.717) is 13.1 Å². The fraction of sp³-hybridized carbons (Fsp3) is 0.316. The highest BCUT2D eigenvalue weighted by Crippen LogP contribution is 2.26. The topological polar surface area (TPSA) is 57.0 Å². The Balaban J connectivity index is 1.58. The fourth-order valence-corrected chi connectivity index (χ4v) is 3.22. The van der Waals surface area contributed by atoms with Crippen LogP contribution in [0.5, 0.6) is 5.75 Å². The molecule has 1 amide bonds. The van der Waals surface area contributed by atoms with Crippen LogP contribution < -0.4 is 15.1 Å². The predicted octanol–water partition coefficient (Wildman–Crippen LogP) is 1.40. The van der Waals surface area contributed by atoms with Crippen molar-refractivity contribution in [3.05, 3.63) is 54.1 Å². The Kier molecular flexibility index (Phi) is 5.37. The maximum Gasteiger partial charge on any atom is 0.282 e. The predicted molar refractivity (Wildman–Crippen MR) is 95.5 cm³/mol. The van der Waals surface area contributed by atoms with E-state index >= 15 is 0 Å². The Morgan fingerprint density at radius 1 is 1.19 bits per heavy atom. The third-order valence-corrected chi connectivity index (χ3v) is 4.82. The van der Waals surface area contributed by atoms with Gasteiger partial charge in [-0.2, -0.15) is 0 Å². The van der Waals surface area contributed by atoms with Crippen LogP contribution in [0.1, 0.15) is 6.92 Å². The molecule has 5 nitrogen and oxygen atoms in total. The lowest BCUT2D eigenvalue weighted by molar-refractivity contribution is -0.914. The van der Waals surface area contributed by atoms with Gasteiger partial charge in [-0.3, -0.25) is 4.79 Å². The van der Waals surface area contributed by atoms with Gasteiger partial charge >= 0.3 is 0 Å². The molecule has 1 atom stereocenters. The van der Waals surface area contributed by atoms with E-state index in [0.717, 1.165) is 35.8 Å². The Bertz CT molecular complexity index is 792. The van der Waals surface area contributed by atoms with Crippen molar-refractivity contribution in [2.45, 2.75) is 13.0 Å². The maximum absolute atomic E-state index is 13.7. The molecule has 1 aliphatic rings. The number of carbonyl (C=O) groups is 1. The number of nitrogens with one attached hydrogen (secondary N) is 2. The molecule has 0 unspecified atom stereocenters. The largest absolute Gasteiger partial charge is 0.506 e. The second-order valence-electron chi connectivity index (χ2n) is 6.47. The Hall–Kier alpha value is -2.67. The average Bonchev–Trinajstić information content (AvgIpc) is 2.64. The highest BCUT2D eigenvalue weighted by atomic mass is 19.1. The van der Waals surface area contributed by atoms with Crippen molar-refractivity contribution in [2.24, 2.45) is 0 Å². The summed E-state index contributed by atoms with van der Waals surface area (Å²) in [5.41, 5.74) is 0.771. The molecule has 1 fully saturated rings. The van der Waals surface area contributed by atoms with Crippen LogP contribution in [0.3, 0.4) is 0 Å². The minimum absolute atomic E-state index is 0.0181. The number of rotatable bonds is 4. The number of aromatic hydroxyl groups is 1. The van der Waals surface area contributed by atoms with E-state index in [4.69, 9.17) is 0 Å². The molecule has 0 aliphatic carbocycles. The molecule has 0 aromatic heterocycles. The van der Waals surface area contributed by atoms with Gasteiger partial charge in [0, 0.05) is 6.07 Å². The number of quaternary nitrogens is 1. The molecule has 3 N–H and O–H groups in total. The van der Waals surface area contributed by atoms with Crippen LogP contribution in [0.2, 0.25) is 0 Å². The number of amides is 1. The van der Waals surface area contributed by atoms with Gasteiger partial charge in [0.2, 0.25) is 0 Å². The quantitative estimate of drug-likeness (QED) is 0.771. The van der Waals surface area contributed by atoms with E-state index in [1.54, 1.807) is 19.1 Å². The number of piperazine rings is 1. The van der Waals surface area contributed by atoms with Crippen LogP contribution in [0.4, 0.5) is 20.2 Å². The molecule has 0 radical (unpaired) electrons. The number of phenolic OH excluding ortho intramolecular Hbond substituents is 1. The molecule has 0 spiro atoms. The van der Waals surface area contributed by atoms with Crippen LogP contribution in [-0.4, -0.2) is 43.2 Å². The molecule has 3 rings (SSSR count). The van der Waals surface area contributed by atoms with Gasteiger partial charge in [-0.05, 0) is 31.2 Å². The summed E-state index contributed by atoms with van der Waals surface area (Å²) in [4.78, 5) is 15.6. The molecule has 7 heteroatoms. The monoisotopic (exact) mass is 362 g/mol. The van der Waals surface area contributed by atoms with Crippen molar-refractivity contribution in [1.82, 2.24) is 0 Å². The second kappa shape index (κ2) is 7.70. The number of halogens is 2. The first-order valence-corrected chi connectivity index (χ1v) is 8.59. The molecule has 0 saturated carbocycles. The second-order valence-corrected chi connectivity index (χ2v) is 6.47. The number of hydrogen-bond acceptors (Lipinski definition) is 3. The summed E-state index contributed by atoms with van der Waals surface area (Å²) in [5.74, 6) is -1.53. The van der Waals surface area contributed by atoms with Gasteiger partial charge in [0.05, 0.1) is 37.6 Å². The Morgan fingerprint density at radius 2 is 1.88 bits per heavy atom. The first kappa shape index (κ1) is 18.1. The normalized spacial score (nSPS) is 16.3. The lowest BCUT2D eigenvalue weighted by Gasteiger charge is -2.36. The number of benzene rings is 2. The third kappa shape index (κ3) is 3.94. The number of para-hydroxylation sites is 2. The van der Waals surface area contributed by atoms with Crippen LogP contribution in [0, 0.1) is 11.6 Å². The smallest absolute Gasteiger partial charge is 0.282 e. The van der Waals surface area contributed by atoms with Gasteiger partial charge in [0.15, 0.2) is 6.04 Å². The third-order valence-electron chi connectivity index (χ3n) is 4.82. The molecule has 1 heterocycles. The van der Waals surface area contributed by atoms with Gasteiger partial charge < -0.3 is 20.2 Å². The van der Waals surface area contributed by atoms with E-state index in [1.165, 1.54) is 6.07 Å². The lowest BCUT2D eigenvalue weighted by Crippen LogP contribution is -3.19. The van der Waals surface area contributed by atoms with Crippen molar-refractivity contribution >= 4 is 17.3 Å². The van der Waals surface area contributed by atoms with Crippen molar-refractivity contribution in [3.63, 3.8) is 0 Å². The number of anilines is 2. The fourth-order valence-electron chi connectivity index (χ4n) is 3.22. The minimum atomic E-state index is -0.787. The van der Waals surface area contributed by atoms with Gasteiger partial charge in [0.1, 0.15) is 17.4 Å². The van der Waals surface area contributed by atoms with Crippen molar-refractivity contribution < 1.29 is 23.6 Å². The van der Waals surface area contributed by atoms with Crippen LogP contribution in [0.15, 0.2) is 42.5 Å². The van der Waals surface area contributed by atoms with Crippen LogP contribution >= 0.6 is 0 Å². The van der Waals surface area contributed by atoms with Gasteiger partial charge in [-0.15, -0.1) is 0 Å². The zero-order valence-corrected chi connectivity index (χ0v) is 14.5. The summed E-state index contributed by atoms with van der Waals surface area (Å²) in [6.07, 6.45) is 0. The minimum Gasteiger partial charge on any atom is -0.506 e. The van der Waals surface area contributed by atoms with Crippen molar-refractivity contribution in [1.29, 1.82) is 0 Å². The summed E-state index contributed by atoms with van der Waals surface area (Å²) < 4.78 is 26.7. The zero-order valence-electron chi connectivity index (χ0n) is 14.5. The first-order valence-electron chi connectivity index (χ1n) is 8.59. The van der Waals surface area contributed by atoms with Crippen molar-refractivity contribution in [3.8, 4) is 5.75 Å².